The normalized spacial score (nSPS) is 16.1. The third kappa shape index (κ3) is 4.54. The SMILES string of the molecule is COc1ccc(N2CC[NH+]([C@H](C)C(=O)Nc3cc(F)ccc3F)CC2)cc1. The maximum absolute atomic E-state index is 13.7. The van der Waals surface area contributed by atoms with E-state index >= 15 is 0 Å². The second kappa shape index (κ2) is 8.35. The van der Waals surface area contributed by atoms with Crippen molar-refractivity contribution >= 4 is 17.3 Å². The van der Waals surface area contributed by atoms with Gasteiger partial charge >= 0.3 is 0 Å². The molecule has 1 saturated heterocycles. The molecule has 2 aromatic rings. The van der Waals surface area contributed by atoms with Crippen LogP contribution in [0.25, 0.3) is 0 Å². The fourth-order valence-electron chi connectivity index (χ4n) is 3.30. The van der Waals surface area contributed by atoms with Gasteiger partial charge in [0.1, 0.15) is 17.4 Å². The van der Waals surface area contributed by atoms with E-state index in [0.29, 0.717) is 0 Å². The van der Waals surface area contributed by atoms with Gasteiger partial charge in [-0.15, -0.1) is 0 Å². The fraction of sp³-hybridized carbons (Fsp3) is 0.350. The summed E-state index contributed by atoms with van der Waals surface area (Å²) < 4.78 is 32.2. The average molecular weight is 376 g/mol. The molecule has 3 rings (SSSR count). The molecule has 5 nitrogen and oxygen atoms in total. The van der Waals surface area contributed by atoms with Crippen LogP contribution in [0, 0.1) is 11.6 Å². The summed E-state index contributed by atoms with van der Waals surface area (Å²) in [6, 6.07) is 10.6. The number of carbonyl (C=O) groups is 1. The van der Waals surface area contributed by atoms with E-state index in [1.165, 1.54) is 0 Å². The molecule has 1 aliphatic heterocycles. The molecule has 1 amide bonds. The number of amides is 1. The zero-order valence-corrected chi connectivity index (χ0v) is 15.5. The van der Waals surface area contributed by atoms with Gasteiger partial charge in [-0.2, -0.15) is 0 Å². The summed E-state index contributed by atoms with van der Waals surface area (Å²) in [6.07, 6.45) is 0. The van der Waals surface area contributed by atoms with Gasteiger partial charge in [0.15, 0.2) is 6.04 Å². The van der Waals surface area contributed by atoms with Gasteiger partial charge < -0.3 is 19.9 Å². The van der Waals surface area contributed by atoms with E-state index in [1.54, 1.807) is 7.11 Å². The highest BCUT2D eigenvalue weighted by atomic mass is 19.1. The van der Waals surface area contributed by atoms with Crippen molar-refractivity contribution in [2.24, 2.45) is 0 Å². The van der Waals surface area contributed by atoms with Gasteiger partial charge in [0.05, 0.1) is 39.0 Å². The van der Waals surface area contributed by atoms with Gasteiger partial charge in [-0.05, 0) is 43.3 Å². The van der Waals surface area contributed by atoms with Crippen LogP contribution in [0.3, 0.4) is 0 Å². The molecule has 0 unspecified atom stereocenters. The second-order valence-corrected chi connectivity index (χ2v) is 6.68. The number of quaternary nitrogens is 1. The number of methoxy groups -OCH3 is 1. The van der Waals surface area contributed by atoms with Crippen molar-refractivity contribution in [1.29, 1.82) is 0 Å². The molecule has 0 bridgehead atoms. The Morgan fingerprint density at radius 1 is 1.15 bits per heavy atom. The molecule has 1 aliphatic rings. The molecule has 1 fully saturated rings. The lowest BCUT2D eigenvalue weighted by atomic mass is 10.2. The van der Waals surface area contributed by atoms with Crippen LogP contribution in [0.15, 0.2) is 42.5 Å². The minimum atomic E-state index is -0.642. The summed E-state index contributed by atoms with van der Waals surface area (Å²) >= 11 is 0. The molecule has 144 valence electrons. The molecule has 0 spiro atoms. The Morgan fingerprint density at radius 2 is 1.81 bits per heavy atom. The smallest absolute Gasteiger partial charge is 0.282 e. The lowest BCUT2D eigenvalue weighted by molar-refractivity contribution is -0.914. The van der Waals surface area contributed by atoms with Crippen molar-refractivity contribution in [1.82, 2.24) is 0 Å². The molecular formula is C20H24F2N3O2+. The number of ether oxygens (including phenoxy) is 1. The van der Waals surface area contributed by atoms with Crippen LogP contribution in [0.1, 0.15) is 6.92 Å². The molecule has 0 aliphatic carbocycles. The minimum Gasteiger partial charge on any atom is -0.497 e. The number of halogens is 2. The van der Waals surface area contributed by atoms with Crippen LogP contribution < -0.4 is 19.9 Å². The van der Waals surface area contributed by atoms with Crippen LogP contribution in [0.5, 0.6) is 5.75 Å². The Hall–Kier alpha value is -2.67. The number of rotatable bonds is 5. The lowest BCUT2D eigenvalue weighted by Crippen LogP contribution is -3.19. The van der Waals surface area contributed by atoms with Gasteiger partial charge in [-0.3, -0.25) is 4.79 Å². The van der Waals surface area contributed by atoms with E-state index in [2.05, 4.69) is 10.2 Å². The first kappa shape index (κ1) is 19.1. The van der Waals surface area contributed by atoms with Crippen molar-refractivity contribution in [3.05, 3.63) is 54.1 Å². The first-order valence-corrected chi connectivity index (χ1v) is 8.97. The highest BCUT2D eigenvalue weighted by molar-refractivity contribution is 5.93. The van der Waals surface area contributed by atoms with Gasteiger partial charge in [0, 0.05) is 11.8 Å². The standard InChI is InChI=1S/C20H23F2N3O2/c1-14(20(26)23-19-13-15(21)3-8-18(19)22)24-9-11-25(12-10-24)16-4-6-17(27-2)7-5-16/h3-8,13-14H,9-12H2,1-2H3,(H,23,26)/p+1/t14-/m1/s1. The largest absolute Gasteiger partial charge is 0.497 e. The number of nitrogens with zero attached hydrogens (tertiary/aromatic N) is 1. The van der Waals surface area contributed by atoms with Crippen molar-refractivity contribution in [3.8, 4) is 5.75 Å². The first-order valence-electron chi connectivity index (χ1n) is 8.97. The van der Waals surface area contributed by atoms with E-state index < -0.39 is 11.6 Å². The van der Waals surface area contributed by atoms with E-state index in [1.807, 2.05) is 31.2 Å². The van der Waals surface area contributed by atoms with Gasteiger partial charge in [0.2, 0.25) is 0 Å². The third-order valence-electron chi connectivity index (χ3n) is 5.04. The van der Waals surface area contributed by atoms with Crippen LogP contribution in [0.2, 0.25) is 0 Å². The molecule has 2 N–H and O–H groups in total. The molecule has 0 saturated carbocycles. The van der Waals surface area contributed by atoms with E-state index in [4.69, 9.17) is 4.74 Å². The van der Waals surface area contributed by atoms with Crippen molar-refractivity contribution in [2.75, 3.05) is 43.5 Å². The van der Waals surface area contributed by atoms with E-state index in [-0.39, 0.29) is 17.6 Å². The Kier molecular flexibility index (Phi) is 5.91. The van der Waals surface area contributed by atoms with Crippen molar-refractivity contribution < 1.29 is 23.2 Å². The molecule has 1 heterocycles. The molecular weight excluding hydrogens is 352 g/mol. The molecule has 27 heavy (non-hydrogen) atoms. The summed E-state index contributed by atoms with van der Waals surface area (Å²) in [6.45, 7) is 5.00. The Bertz CT molecular complexity index is 790. The Morgan fingerprint density at radius 3 is 2.44 bits per heavy atom. The Labute approximate surface area is 157 Å². The van der Waals surface area contributed by atoms with Gasteiger partial charge in [0.25, 0.3) is 5.91 Å². The fourth-order valence-corrected chi connectivity index (χ4v) is 3.30. The maximum Gasteiger partial charge on any atom is 0.282 e. The quantitative estimate of drug-likeness (QED) is 0.835. The second-order valence-electron chi connectivity index (χ2n) is 6.68. The lowest BCUT2D eigenvalue weighted by Gasteiger charge is -2.36. The Balaban J connectivity index is 1.56. The number of anilines is 2. The van der Waals surface area contributed by atoms with E-state index in [0.717, 1.165) is 60.7 Å². The first-order chi connectivity index (χ1) is 13.0. The number of carbonyl (C=O) groups excluding carboxylic acids is 1. The maximum atomic E-state index is 13.7. The highest BCUT2D eigenvalue weighted by Crippen LogP contribution is 2.19. The molecule has 1 atom stereocenters. The predicted octanol–water partition coefficient (Wildman–Crippen LogP) is 1.71. The number of hydrogen-bond donors (Lipinski definition) is 2. The van der Waals surface area contributed by atoms with Crippen LogP contribution in [0.4, 0.5) is 20.2 Å². The van der Waals surface area contributed by atoms with Crippen LogP contribution >= 0.6 is 0 Å². The summed E-state index contributed by atoms with van der Waals surface area (Å²) in [5.74, 6) is -0.721. The van der Waals surface area contributed by atoms with E-state index in [9.17, 15) is 13.6 Å². The molecule has 7 heteroatoms. The summed E-state index contributed by atoms with van der Waals surface area (Å²) in [4.78, 5) is 15.8. The average Bonchev–Trinajstić information content (AvgIpc) is 2.70. The molecule has 0 aromatic heterocycles. The summed E-state index contributed by atoms with van der Waals surface area (Å²) in [7, 11) is 1.64. The zero-order valence-electron chi connectivity index (χ0n) is 15.5. The molecule has 2 aromatic carbocycles. The zero-order chi connectivity index (χ0) is 19.4. The van der Waals surface area contributed by atoms with Crippen molar-refractivity contribution in [2.45, 2.75) is 13.0 Å². The summed E-state index contributed by atoms with van der Waals surface area (Å²) in [5.41, 5.74) is 0.997. The van der Waals surface area contributed by atoms with Crippen molar-refractivity contribution in [3.63, 3.8) is 0 Å². The van der Waals surface area contributed by atoms with Crippen LogP contribution in [-0.4, -0.2) is 45.2 Å². The topological polar surface area (TPSA) is 46.0 Å². The predicted molar refractivity (Wildman–Crippen MR) is 100 cm³/mol. The number of piperazine rings is 1. The van der Waals surface area contributed by atoms with Crippen LogP contribution in [-0.2, 0) is 4.79 Å². The van der Waals surface area contributed by atoms with Gasteiger partial charge in [-0.25, -0.2) is 8.78 Å². The van der Waals surface area contributed by atoms with Gasteiger partial charge in [-0.1, -0.05) is 0 Å². The number of nitrogens with one attached hydrogen (secondary N) is 2. The minimum absolute atomic E-state index is 0.122. The summed E-state index contributed by atoms with van der Waals surface area (Å²) in [5, 5.41) is 2.50. The molecule has 0 radical (unpaired) electrons. The number of hydrogen-bond acceptors (Lipinski definition) is 3. The monoisotopic (exact) mass is 376 g/mol. The highest BCUT2D eigenvalue weighted by Gasteiger charge is 2.29. The third-order valence-corrected chi connectivity index (χ3v) is 5.04. The number of benzene rings is 2.